The summed E-state index contributed by atoms with van der Waals surface area (Å²) >= 11 is 0. The molecule has 0 unspecified atom stereocenters. The van der Waals surface area contributed by atoms with Crippen LogP contribution < -0.4 is 9.64 Å². The second kappa shape index (κ2) is 7.25. The van der Waals surface area contributed by atoms with E-state index in [9.17, 15) is 9.90 Å². The highest BCUT2D eigenvalue weighted by molar-refractivity contribution is 5.89. The van der Waals surface area contributed by atoms with Crippen molar-refractivity contribution in [1.82, 2.24) is 0 Å². The molecule has 0 heterocycles. The number of amides is 1. The van der Waals surface area contributed by atoms with Crippen LogP contribution >= 0.6 is 0 Å². The maximum Gasteiger partial charge on any atom is 0.415 e. The molecule has 0 aliphatic carbocycles. The van der Waals surface area contributed by atoms with Crippen molar-refractivity contribution in [3.63, 3.8) is 0 Å². The molecule has 2 aromatic carbocycles. The Morgan fingerprint density at radius 1 is 1.08 bits per heavy atom. The third-order valence-corrected chi connectivity index (χ3v) is 3.31. The normalized spacial score (nSPS) is 11.0. The Morgan fingerprint density at radius 3 is 2.33 bits per heavy atom. The summed E-state index contributed by atoms with van der Waals surface area (Å²) in [5, 5.41) is 10.2. The molecule has 1 N–H and O–H groups in total. The summed E-state index contributed by atoms with van der Waals surface area (Å²) in [7, 11) is 1.58. The Bertz CT molecular complexity index is 707. The smallest absolute Gasteiger partial charge is 0.415 e. The van der Waals surface area contributed by atoms with E-state index in [2.05, 4.69) is 0 Å². The number of carbonyl (C=O) groups excluding carboxylic acids is 1. The standard InChI is InChI=1S/C19H23NO4/c1-19(2,3)24-18(22)20(15-10-6-7-11-16(15)21)13-14-9-5-8-12-17(14)23-4/h5-12,21H,13H2,1-4H3. The van der Waals surface area contributed by atoms with Crippen molar-refractivity contribution < 1.29 is 19.4 Å². The molecule has 5 heteroatoms. The fraction of sp³-hybridized carbons (Fsp3) is 0.316. The molecule has 0 fully saturated rings. The van der Waals surface area contributed by atoms with Crippen LogP contribution in [0, 0.1) is 0 Å². The SMILES string of the molecule is COc1ccccc1CN(C(=O)OC(C)(C)C)c1ccccc1O. The van der Waals surface area contributed by atoms with Gasteiger partial charge in [0.05, 0.1) is 19.3 Å². The fourth-order valence-electron chi connectivity index (χ4n) is 2.26. The summed E-state index contributed by atoms with van der Waals surface area (Å²) in [6.07, 6.45) is -0.532. The van der Waals surface area contributed by atoms with Crippen LogP contribution in [0.4, 0.5) is 10.5 Å². The molecule has 128 valence electrons. The molecule has 0 aliphatic heterocycles. The maximum atomic E-state index is 12.7. The van der Waals surface area contributed by atoms with E-state index >= 15 is 0 Å². The zero-order valence-electron chi connectivity index (χ0n) is 14.4. The van der Waals surface area contributed by atoms with E-state index in [1.54, 1.807) is 46.1 Å². The molecule has 0 atom stereocenters. The molecule has 2 aromatic rings. The van der Waals surface area contributed by atoms with Gasteiger partial charge in [-0.25, -0.2) is 4.79 Å². The molecule has 0 aromatic heterocycles. The van der Waals surface area contributed by atoms with E-state index in [4.69, 9.17) is 9.47 Å². The predicted octanol–water partition coefficient (Wildman–Crippen LogP) is 4.34. The topological polar surface area (TPSA) is 59.0 Å². The minimum Gasteiger partial charge on any atom is -0.506 e. The highest BCUT2D eigenvalue weighted by Gasteiger charge is 2.26. The summed E-state index contributed by atoms with van der Waals surface area (Å²) < 4.78 is 10.8. The molecule has 0 saturated carbocycles. The Balaban J connectivity index is 2.40. The van der Waals surface area contributed by atoms with Crippen LogP contribution in [0.15, 0.2) is 48.5 Å². The molecular formula is C19H23NO4. The van der Waals surface area contributed by atoms with Gasteiger partial charge in [-0.3, -0.25) is 4.90 Å². The Hall–Kier alpha value is -2.69. The second-order valence-corrected chi connectivity index (χ2v) is 6.37. The Morgan fingerprint density at radius 2 is 1.71 bits per heavy atom. The maximum absolute atomic E-state index is 12.7. The number of nitrogens with zero attached hydrogens (tertiary/aromatic N) is 1. The van der Waals surface area contributed by atoms with Crippen molar-refractivity contribution in [3.8, 4) is 11.5 Å². The average molecular weight is 329 g/mol. The molecule has 0 radical (unpaired) electrons. The van der Waals surface area contributed by atoms with Crippen LogP contribution in [0.5, 0.6) is 11.5 Å². The van der Waals surface area contributed by atoms with E-state index in [-0.39, 0.29) is 12.3 Å². The van der Waals surface area contributed by atoms with Gasteiger partial charge in [-0.15, -0.1) is 0 Å². The number of ether oxygens (including phenoxy) is 2. The fourth-order valence-corrected chi connectivity index (χ4v) is 2.26. The van der Waals surface area contributed by atoms with E-state index < -0.39 is 11.7 Å². The summed E-state index contributed by atoms with van der Waals surface area (Å²) in [5.74, 6) is 0.680. The molecule has 5 nitrogen and oxygen atoms in total. The lowest BCUT2D eigenvalue weighted by atomic mass is 10.1. The first-order valence-corrected chi connectivity index (χ1v) is 7.72. The molecule has 0 saturated heterocycles. The predicted molar refractivity (Wildman–Crippen MR) is 93.5 cm³/mol. The third kappa shape index (κ3) is 4.41. The van der Waals surface area contributed by atoms with E-state index in [0.717, 1.165) is 5.56 Å². The second-order valence-electron chi connectivity index (χ2n) is 6.37. The van der Waals surface area contributed by atoms with Gasteiger partial charge in [0, 0.05) is 5.56 Å². The largest absolute Gasteiger partial charge is 0.506 e. The van der Waals surface area contributed by atoms with Crippen molar-refractivity contribution >= 4 is 11.8 Å². The van der Waals surface area contributed by atoms with Crippen LogP contribution in [0.3, 0.4) is 0 Å². The number of phenolic OH excluding ortho intramolecular Hbond substituents is 1. The van der Waals surface area contributed by atoms with Gasteiger partial charge in [0.25, 0.3) is 0 Å². The molecule has 1 amide bonds. The minimum absolute atomic E-state index is 0.0123. The van der Waals surface area contributed by atoms with E-state index in [0.29, 0.717) is 11.4 Å². The van der Waals surface area contributed by atoms with Gasteiger partial charge in [-0.05, 0) is 39.0 Å². The van der Waals surface area contributed by atoms with E-state index in [1.807, 2.05) is 24.3 Å². The number of hydrogen-bond acceptors (Lipinski definition) is 4. The average Bonchev–Trinajstić information content (AvgIpc) is 2.52. The highest BCUT2D eigenvalue weighted by atomic mass is 16.6. The lowest BCUT2D eigenvalue weighted by Crippen LogP contribution is -2.36. The summed E-state index contributed by atoms with van der Waals surface area (Å²) in [5.41, 5.74) is 0.562. The van der Waals surface area contributed by atoms with Crippen molar-refractivity contribution in [3.05, 3.63) is 54.1 Å². The Labute approximate surface area is 142 Å². The number of anilines is 1. The molecular weight excluding hydrogens is 306 g/mol. The van der Waals surface area contributed by atoms with Crippen molar-refractivity contribution in [2.24, 2.45) is 0 Å². The number of hydrogen-bond donors (Lipinski definition) is 1. The van der Waals surface area contributed by atoms with Crippen molar-refractivity contribution in [2.75, 3.05) is 12.0 Å². The van der Waals surface area contributed by atoms with Crippen LogP contribution in [0.1, 0.15) is 26.3 Å². The number of rotatable bonds is 4. The van der Waals surface area contributed by atoms with Crippen LogP contribution in [0.25, 0.3) is 0 Å². The van der Waals surface area contributed by atoms with Gasteiger partial charge < -0.3 is 14.6 Å². The minimum atomic E-state index is -0.638. The summed E-state index contributed by atoms with van der Waals surface area (Å²) in [6, 6.07) is 14.1. The first-order chi connectivity index (χ1) is 11.3. The van der Waals surface area contributed by atoms with Gasteiger partial charge in [-0.1, -0.05) is 30.3 Å². The molecule has 2 rings (SSSR count). The number of carbonyl (C=O) groups is 1. The Kier molecular flexibility index (Phi) is 5.34. The lowest BCUT2D eigenvalue weighted by Gasteiger charge is -2.28. The van der Waals surface area contributed by atoms with Crippen LogP contribution in [0.2, 0.25) is 0 Å². The van der Waals surface area contributed by atoms with Gasteiger partial charge in [0.1, 0.15) is 17.1 Å². The highest BCUT2D eigenvalue weighted by Crippen LogP contribution is 2.31. The summed E-state index contributed by atoms with van der Waals surface area (Å²) in [4.78, 5) is 14.1. The molecule has 0 spiro atoms. The number of para-hydroxylation sites is 3. The zero-order valence-corrected chi connectivity index (χ0v) is 14.4. The molecule has 0 bridgehead atoms. The number of phenols is 1. The van der Waals surface area contributed by atoms with Crippen molar-refractivity contribution in [1.29, 1.82) is 0 Å². The monoisotopic (exact) mass is 329 g/mol. The number of benzene rings is 2. The van der Waals surface area contributed by atoms with Gasteiger partial charge in [0.2, 0.25) is 0 Å². The first kappa shape index (κ1) is 17.7. The first-order valence-electron chi connectivity index (χ1n) is 7.72. The molecule has 0 aliphatic rings. The zero-order chi connectivity index (χ0) is 17.7. The van der Waals surface area contributed by atoms with E-state index in [1.165, 1.54) is 11.0 Å². The number of aromatic hydroxyl groups is 1. The third-order valence-electron chi connectivity index (χ3n) is 3.31. The molecule has 24 heavy (non-hydrogen) atoms. The number of methoxy groups -OCH3 is 1. The van der Waals surface area contributed by atoms with Crippen molar-refractivity contribution in [2.45, 2.75) is 32.9 Å². The van der Waals surface area contributed by atoms with Crippen LogP contribution in [-0.2, 0) is 11.3 Å². The summed E-state index contributed by atoms with van der Waals surface area (Å²) in [6.45, 7) is 5.63. The lowest BCUT2D eigenvalue weighted by molar-refractivity contribution is 0.0576. The quantitative estimate of drug-likeness (QED) is 0.906. The van der Waals surface area contributed by atoms with Gasteiger partial charge in [-0.2, -0.15) is 0 Å². The van der Waals surface area contributed by atoms with Crippen LogP contribution in [-0.4, -0.2) is 23.9 Å². The van der Waals surface area contributed by atoms with Gasteiger partial charge in [0.15, 0.2) is 0 Å². The van der Waals surface area contributed by atoms with Gasteiger partial charge >= 0.3 is 6.09 Å².